The molecule has 1 heterocycles. The maximum Gasteiger partial charge on any atom is 0.241 e. The quantitative estimate of drug-likeness (QED) is 0.794. The molecule has 5 heteroatoms. The first-order valence-corrected chi connectivity index (χ1v) is 7.67. The van der Waals surface area contributed by atoms with E-state index in [9.17, 15) is 9.59 Å². The summed E-state index contributed by atoms with van der Waals surface area (Å²) in [7, 11) is 3.47. The fourth-order valence-electron chi connectivity index (χ4n) is 2.79. The lowest BCUT2D eigenvalue weighted by Gasteiger charge is -2.39. The molecule has 0 atom stereocenters. The molecule has 0 aromatic carbocycles. The zero-order valence-electron chi connectivity index (χ0n) is 13.4. The highest BCUT2D eigenvalue weighted by Crippen LogP contribution is 2.34. The number of rotatable bonds is 6. The van der Waals surface area contributed by atoms with Crippen LogP contribution in [0.15, 0.2) is 0 Å². The molecule has 1 aliphatic rings. The number of piperidine rings is 1. The van der Waals surface area contributed by atoms with E-state index in [1.807, 2.05) is 6.92 Å². The molecule has 0 spiro atoms. The molecule has 0 unspecified atom stereocenters. The van der Waals surface area contributed by atoms with E-state index >= 15 is 0 Å². The second-order valence-corrected chi connectivity index (χ2v) is 5.90. The minimum atomic E-state index is -0.271. The molecule has 0 aromatic heterocycles. The second-order valence-electron chi connectivity index (χ2n) is 5.90. The summed E-state index contributed by atoms with van der Waals surface area (Å²) in [5.41, 5.74) is -0.271. The standard InChI is InChI=1S/C15H29N3O2/c1-5-11-18(12-13(19)17(3)4)14(20)15(6-2)7-9-16-10-8-15/h16H,5-12H2,1-4H3. The molecule has 0 bridgehead atoms. The number of likely N-dealkylation sites (N-methyl/N-ethyl adjacent to an activating group) is 1. The van der Waals surface area contributed by atoms with E-state index in [0.29, 0.717) is 6.54 Å². The van der Waals surface area contributed by atoms with E-state index in [0.717, 1.165) is 38.8 Å². The van der Waals surface area contributed by atoms with Gasteiger partial charge in [-0.1, -0.05) is 13.8 Å². The first-order chi connectivity index (χ1) is 9.46. The fraction of sp³-hybridized carbons (Fsp3) is 0.867. The van der Waals surface area contributed by atoms with Crippen LogP contribution < -0.4 is 5.32 Å². The molecule has 1 N–H and O–H groups in total. The number of hydrogen-bond donors (Lipinski definition) is 1. The van der Waals surface area contributed by atoms with E-state index in [4.69, 9.17) is 0 Å². The largest absolute Gasteiger partial charge is 0.347 e. The predicted octanol–water partition coefficient (Wildman–Crippen LogP) is 1.09. The van der Waals surface area contributed by atoms with Crippen LogP contribution in [0.1, 0.15) is 39.5 Å². The first-order valence-electron chi connectivity index (χ1n) is 7.67. The molecule has 1 fully saturated rings. The van der Waals surface area contributed by atoms with E-state index in [2.05, 4.69) is 12.2 Å². The van der Waals surface area contributed by atoms with E-state index in [1.54, 1.807) is 23.9 Å². The third kappa shape index (κ3) is 3.95. The summed E-state index contributed by atoms with van der Waals surface area (Å²) in [6.45, 7) is 6.77. The Morgan fingerprint density at radius 2 is 1.75 bits per heavy atom. The Balaban J connectivity index is 2.83. The molecule has 0 aliphatic carbocycles. The van der Waals surface area contributed by atoms with Gasteiger partial charge in [-0.05, 0) is 38.8 Å². The number of carbonyl (C=O) groups excluding carboxylic acids is 2. The zero-order valence-corrected chi connectivity index (χ0v) is 13.4. The van der Waals surface area contributed by atoms with Crippen molar-refractivity contribution in [2.45, 2.75) is 39.5 Å². The van der Waals surface area contributed by atoms with Gasteiger partial charge in [-0.25, -0.2) is 0 Å². The Bertz CT molecular complexity index is 336. The van der Waals surface area contributed by atoms with Crippen molar-refractivity contribution >= 4 is 11.8 Å². The van der Waals surface area contributed by atoms with Gasteiger partial charge in [0, 0.05) is 20.6 Å². The van der Waals surface area contributed by atoms with Crippen molar-refractivity contribution in [3.63, 3.8) is 0 Å². The van der Waals surface area contributed by atoms with Crippen LogP contribution in [0.2, 0.25) is 0 Å². The van der Waals surface area contributed by atoms with Crippen LogP contribution >= 0.6 is 0 Å². The fourth-order valence-corrected chi connectivity index (χ4v) is 2.79. The SMILES string of the molecule is CCCN(CC(=O)N(C)C)C(=O)C1(CC)CCNCC1. The second kappa shape index (κ2) is 7.62. The number of hydrogen-bond acceptors (Lipinski definition) is 3. The maximum atomic E-state index is 12.9. The third-order valence-corrected chi connectivity index (χ3v) is 4.30. The maximum absolute atomic E-state index is 12.9. The van der Waals surface area contributed by atoms with Gasteiger partial charge in [0.2, 0.25) is 11.8 Å². The van der Waals surface area contributed by atoms with Crippen molar-refractivity contribution in [3.8, 4) is 0 Å². The van der Waals surface area contributed by atoms with Gasteiger partial charge in [-0.2, -0.15) is 0 Å². The van der Waals surface area contributed by atoms with Gasteiger partial charge in [-0.15, -0.1) is 0 Å². The summed E-state index contributed by atoms with van der Waals surface area (Å²) in [5.74, 6) is 0.158. The van der Waals surface area contributed by atoms with Crippen LogP contribution in [0.3, 0.4) is 0 Å². The Labute approximate surface area is 122 Å². The molecular formula is C15H29N3O2. The Morgan fingerprint density at radius 1 is 1.15 bits per heavy atom. The zero-order chi connectivity index (χ0) is 15.2. The van der Waals surface area contributed by atoms with Gasteiger partial charge < -0.3 is 15.1 Å². The van der Waals surface area contributed by atoms with Crippen LogP contribution in [0, 0.1) is 5.41 Å². The molecule has 0 aromatic rings. The molecule has 0 saturated carbocycles. The first kappa shape index (κ1) is 17.0. The molecule has 116 valence electrons. The minimum Gasteiger partial charge on any atom is -0.347 e. The third-order valence-electron chi connectivity index (χ3n) is 4.30. The summed E-state index contributed by atoms with van der Waals surface area (Å²) >= 11 is 0. The van der Waals surface area contributed by atoms with Crippen LogP contribution in [-0.2, 0) is 9.59 Å². The number of nitrogens with one attached hydrogen (secondary N) is 1. The number of amides is 2. The van der Waals surface area contributed by atoms with E-state index in [1.165, 1.54) is 0 Å². The molecule has 0 radical (unpaired) electrons. The van der Waals surface area contributed by atoms with Crippen molar-refractivity contribution < 1.29 is 9.59 Å². The van der Waals surface area contributed by atoms with Crippen LogP contribution in [0.4, 0.5) is 0 Å². The average molecular weight is 283 g/mol. The van der Waals surface area contributed by atoms with Crippen molar-refractivity contribution in [1.82, 2.24) is 15.1 Å². The molecule has 2 amide bonds. The lowest BCUT2D eigenvalue weighted by Crippen LogP contribution is -2.51. The predicted molar refractivity (Wildman–Crippen MR) is 80.4 cm³/mol. The Morgan fingerprint density at radius 3 is 2.20 bits per heavy atom. The van der Waals surface area contributed by atoms with Gasteiger partial charge in [0.15, 0.2) is 0 Å². The summed E-state index contributed by atoms with van der Waals surface area (Å²) in [5, 5.41) is 3.31. The lowest BCUT2D eigenvalue weighted by molar-refractivity contribution is -0.148. The topological polar surface area (TPSA) is 52.7 Å². The normalized spacial score (nSPS) is 17.6. The highest BCUT2D eigenvalue weighted by atomic mass is 16.2. The summed E-state index contributed by atoms with van der Waals surface area (Å²) < 4.78 is 0. The van der Waals surface area contributed by atoms with Crippen molar-refractivity contribution in [3.05, 3.63) is 0 Å². The molecule has 1 rings (SSSR count). The van der Waals surface area contributed by atoms with Crippen LogP contribution in [-0.4, -0.2) is 61.9 Å². The van der Waals surface area contributed by atoms with Crippen LogP contribution in [0.5, 0.6) is 0 Å². The van der Waals surface area contributed by atoms with E-state index < -0.39 is 0 Å². The minimum absolute atomic E-state index is 0.00742. The Kier molecular flexibility index (Phi) is 6.46. The van der Waals surface area contributed by atoms with Gasteiger partial charge in [0.1, 0.15) is 0 Å². The van der Waals surface area contributed by atoms with Gasteiger partial charge in [-0.3, -0.25) is 9.59 Å². The number of carbonyl (C=O) groups is 2. The van der Waals surface area contributed by atoms with Crippen molar-refractivity contribution in [2.24, 2.45) is 5.41 Å². The summed E-state index contributed by atoms with van der Waals surface area (Å²) in [6, 6.07) is 0. The van der Waals surface area contributed by atoms with Gasteiger partial charge in [0.05, 0.1) is 12.0 Å². The molecular weight excluding hydrogens is 254 g/mol. The monoisotopic (exact) mass is 283 g/mol. The van der Waals surface area contributed by atoms with E-state index in [-0.39, 0.29) is 23.8 Å². The highest BCUT2D eigenvalue weighted by Gasteiger charge is 2.40. The Hall–Kier alpha value is -1.10. The smallest absolute Gasteiger partial charge is 0.241 e. The van der Waals surface area contributed by atoms with Gasteiger partial charge in [0.25, 0.3) is 0 Å². The number of nitrogens with zero attached hydrogens (tertiary/aromatic N) is 2. The van der Waals surface area contributed by atoms with Crippen LogP contribution in [0.25, 0.3) is 0 Å². The average Bonchev–Trinajstić information content (AvgIpc) is 2.46. The summed E-state index contributed by atoms with van der Waals surface area (Å²) in [4.78, 5) is 28.2. The summed E-state index contributed by atoms with van der Waals surface area (Å²) in [6.07, 6.45) is 3.48. The molecule has 1 saturated heterocycles. The van der Waals surface area contributed by atoms with Crippen molar-refractivity contribution in [1.29, 1.82) is 0 Å². The molecule has 1 aliphatic heterocycles. The van der Waals surface area contributed by atoms with Crippen molar-refractivity contribution in [2.75, 3.05) is 40.3 Å². The molecule has 5 nitrogen and oxygen atoms in total. The molecule has 20 heavy (non-hydrogen) atoms. The van der Waals surface area contributed by atoms with Gasteiger partial charge >= 0.3 is 0 Å². The lowest BCUT2D eigenvalue weighted by atomic mass is 9.75. The highest BCUT2D eigenvalue weighted by molar-refractivity contribution is 5.88.